The van der Waals surface area contributed by atoms with Crippen LogP contribution in [-0.2, 0) is 4.79 Å². The molecule has 2 fully saturated rings. The van der Waals surface area contributed by atoms with Gasteiger partial charge in [0.25, 0.3) is 0 Å². The molecule has 0 spiro atoms. The van der Waals surface area contributed by atoms with Gasteiger partial charge in [0.05, 0.1) is 6.61 Å². The second kappa shape index (κ2) is 5.86. The second-order valence-corrected chi connectivity index (χ2v) is 6.14. The summed E-state index contributed by atoms with van der Waals surface area (Å²) in [5, 5.41) is 3.00. The lowest BCUT2D eigenvalue weighted by molar-refractivity contribution is -0.117. The Hall–Kier alpha value is -1.51. The minimum atomic E-state index is 0.159. The van der Waals surface area contributed by atoms with Crippen LogP contribution in [0.1, 0.15) is 39.0 Å². The van der Waals surface area contributed by atoms with Crippen molar-refractivity contribution in [2.24, 2.45) is 17.8 Å². The van der Waals surface area contributed by atoms with E-state index >= 15 is 0 Å². The van der Waals surface area contributed by atoms with Gasteiger partial charge >= 0.3 is 0 Å². The summed E-state index contributed by atoms with van der Waals surface area (Å²) in [6, 6.07) is 7.61. The normalized spacial score (nSPS) is 27.6. The maximum absolute atomic E-state index is 12.1. The number of benzene rings is 1. The smallest absolute Gasteiger partial charge is 0.224 e. The highest BCUT2D eigenvalue weighted by Gasteiger charge is 2.40. The van der Waals surface area contributed by atoms with Crippen LogP contribution in [0, 0.1) is 17.8 Å². The third-order valence-electron chi connectivity index (χ3n) is 4.78. The molecule has 2 saturated carbocycles. The topological polar surface area (TPSA) is 38.3 Å². The van der Waals surface area contributed by atoms with Crippen molar-refractivity contribution in [1.82, 2.24) is 0 Å². The van der Waals surface area contributed by atoms with E-state index in [4.69, 9.17) is 4.74 Å². The van der Waals surface area contributed by atoms with Crippen LogP contribution in [0.3, 0.4) is 0 Å². The number of rotatable bonds is 5. The van der Waals surface area contributed by atoms with Crippen LogP contribution in [0.5, 0.6) is 5.75 Å². The molecule has 0 heterocycles. The zero-order valence-electron chi connectivity index (χ0n) is 12.1. The van der Waals surface area contributed by atoms with Gasteiger partial charge in [0.2, 0.25) is 5.91 Å². The fraction of sp³-hybridized carbons (Fsp3) is 0.588. The lowest BCUT2D eigenvalue weighted by Crippen LogP contribution is -2.20. The molecule has 0 aliphatic heterocycles. The molecule has 0 unspecified atom stereocenters. The van der Waals surface area contributed by atoms with Gasteiger partial charge in [-0.05, 0) is 68.2 Å². The van der Waals surface area contributed by atoms with Crippen molar-refractivity contribution in [3.05, 3.63) is 24.3 Å². The van der Waals surface area contributed by atoms with Crippen molar-refractivity contribution in [1.29, 1.82) is 0 Å². The van der Waals surface area contributed by atoms with Gasteiger partial charge in [0.1, 0.15) is 5.75 Å². The monoisotopic (exact) mass is 273 g/mol. The summed E-state index contributed by atoms with van der Waals surface area (Å²) in [4.78, 5) is 12.1. The van der Waals surface area contributed by atoms with Gasteiger partial charge in [0, 0.05) is 12.1 Å². The molecule has 3 atom stereocenters. The Labute approximate surface area is 120 Å². The highest BCUT2D eigenvalue weighted by Crippen LogP contribution is 2.49. The van der Waals surface area contributed by atoms with Gasteiger partial charge in [-0.1, -0.05) is 6.42 Å². The first-order valence-corrected chi connectivity index (χ1v) is 7.77. The quantitative estimate of drug-likeness (QED) is 0.885. The van der Waals surface area contributed by atoms with Crippen LogP contribution in [-0.4, -0.2) is 12.5 Å². The summed E-state index contributed by atoms with van der Waals surface area (Å²) in [5.41, 5.74) is 0.863. The molecule has 1 amide bonds. The lowest BCUT2D eigenvalue weighted by atomic mass is 9.86. The van der Waals surface area contributed by atoms with E-state index in [0.717, 1.165) is 23.3 Å². The van der Waals surface area contributed by atoms with E-state index in [9.17, 15) is 4.79 Å². The molecule has 1 N–H and O–H groups in total. The minimum Gasteiger partial charge on any atom is -0.494 e. The number of anilines is 1. The zero-order valence-corrected chi connectivity index (χ0v) is 12.1. The van der Waals surface area contributed by atoms with Gasteiger partial charge in [-0.25, -0.2) is 0 Å². The third-order valence-corrected chi connectivity index (χ3v) is 4.78. The fourth-order valence-electron chi connectivity index (χ4n) is 3.88. The number of hydrogen-bond acceptors (Lipinski definition) is 2. The number of amides is 1. The SMILES string of the molecule is CCOc1ccc(NC(=O)C[C@H]2C[C@@H]3CC[C@@H]2C3)cc1. The summed E-state index contributed by atoms with van der Waals surface area (Å²) in [6.07, 6.45) is 6.05. The van der Waals surface area contributed by atoms with E-state index in [0.29, 0.717) is 18.9 Å². The Morgan fingerprint density at radius 1 is 1.25 bits per heavy atom. The number of carbonyl (C=O) groups is 1. The Bertz CT molecular complexity index is 468. The van der Waals surface area contributed by atoms with E-state index in [1.165, 1.54) is 25.7 Å². The van der Waals surface area contributed by atoms with E-state index in [1.54, 1.807) is 0 Å². The molecule has 20 heavy (non-hydrogen) atoms. The van der Waals surface area contributed by atoms with E-state index in [-0.39, 0.29) is 5.91 Å². The largest absolute Gasteiger partial charge is 0.494 e. The fourth-order valence-corrected chi connectivity index (χ4v) is 3.88. The minimum absolute atomic E-state index is 0.159. The first-order valence-electron chi connectivity index (χ1n) is 7.77. The standard InChI is InChI=1S/C17H23NO2/c1-2-20-16-7-5-15(6-8-16)18-17(19)11-14-10-12-3-4-13(14)9-12/h5-8,12-14H,2-4,9-11H2,1H3,(H,18,19)/t12-,13-,14-/m1/s1. The zero-order chi connectivity index (χ0) is 13.9. The predicted octanol–water partition coefficient (Wildman–Crippen LogP) is 3.85. The van der Waals surface area contributed by atoms with Crippen LogP contribution < -0.4 is 10.1 Å². The van der Waals surface area contributed by atoms with Gasteiger partial charge in [-0.2, -0.15) is 0 Å². The lowest BCUT2D eigenvalue weighted by Gasteiger charge is -2.20. The molecular formula is C17H23NO2. The predicted molar refractivity (Wildman–Crippen MR) is 79.8 cm³/mol. The maximum atomic E-state index is 12.1. The molecule has 2 bridgehead atoms. The molecule has 3 heteroatoms. The molecule has 108 valence electrons. The van der Waals surface area contributed by atoms with E-state index < -0.39 is 0 Å². The number of nitrogens with one attached hydrogen (secondary N) is 1. The van der Waals surface area contributed by atoms with Gasteiger partial charge < -0.3 is 10.1 Å². The van der Waals surface area contributed by atoms with Crippen LogP contribution in [0.15, 0.2) is 24.3 Å². The molecule has 1 aromatic carbocycles. The highest BCUT2D eigenvalue weighted by molar-refractivity contribution is 5.90. The summed E-state index contributed by atoms with van der Waals surface area (Å²) >= 11 is 0. The number of hydrogen-bond donors (Lipinski definition) is 1. The maximum Gasteiger partial charge on any atom is 0.224 e. The highest BCUT2D eigenvalue weighted by atomic mass is 16.5. The van der Waals surface area contributed by atoms with Crippen molar-refractivity contribution >= 4 is 11.6 Å². The van der Waals surface area contributed by atoms with Gasteiger partial charge in [0.15, 0.2) is 0 Å². The van der Waals surface area contributed by atoms with Crippen molar-refractivity contribution in [3.8, 4) is 5.75 Å². The summed E-state index contributed by atoms with van der Waals surface area (Å²) in [5.74, 6) is 3.34. The van der Waals surface area contributed by atoms with Crippen molar-refractivity contribution in [3.63, 3.8) is 0 Å². The van der Waals surface area contributed by atoms with Gasteiger partial charge in [-0.3, -0.25) is 4.79 Å². The summed E-state index contributed by atoms with van der Waals surface area (Å²) in [7, 11) is 0. The molecule has 0 aromatic heterocycles. The molecule has 0 saturated heterocycles. The summed E-state index contributed by atoms with van der Waals surface area (Å²) < 4.78 is 5.39. The molecule has 2 aliphatic carbocycles. The molecular weight excluding hydrogens is 250 g/mol. The van der Waals surface area contributed by atoms with Crippen LogP contribution >= 0.6 is 0 Å². The molecule has 3 rings (SSSR count). The van der Waals surface area contributed by atoms with Crippen molar-refractivity contribution in [2.75, 3.05) is 11.9 Å². The molecule has 3 nitrogen and oxygen atoms in total. The number of ether oxygens (including phenoxy) is 1. The first-order chi connectivity index (χ1) is 9.74. The van der Waals surface area contributed by atoms with Crippen molar-refractivity contribution < 1.29 is 9.53 Å². The first kappa shape index (κ1) is 13.5. The third kappa shape index (κ3) is 2.97. The van der Waals surface area contributed by atoms with Crippen LogP contribution in [0.25, 0.3) is 0 Å². The van der Waals surface area contributed by atoms with E-state index in [1.807, 2.05) is 31.2 Å². The number of carbonyl (C=O) groups excluding carboxylic acids is 1. The van der Waals surface area contributed by atoms with E-state index in [2.05, 4.69) is 5.32 Å². The Balaban J connectivity index is 1.51. The summed E-state index contributed by atoms with van der Waals surface area (Å²) in [6.45, 7) is 2.63. The van der Waals surface area contributed by atoms with Crippen molar-refractivity contribution in [2.45, 2.75) is 39.0 Å². The van der Waals surface area contributed by atoms with Crippen LogP contribution in [0.4, 0.5) is 5.69 Å². The average Bonchev–Trinajstić information content (AvgIpc) is 3.03. The molecule has 2 aliphatic rings. The Morgan fingerprint density at radius 3 is 2.65 bits per heavy atom. The Morgan fingerprint density at radius 2 is 2.05 bits per heavy atom. The van der Waals surface area contributed by atoms with Gasteiger partial charge in [-0.15, -0.1) is 0 Å². The Kier molecular flexibility index (Phi) is 3.95. The second-order valence-electron chi connectivity index (χ2n) is 6.14. The van der Waals surface area contributed by atoms with Crippen LogP contribution in [0.2, 0.25) is 0 Å². The molecule has 1 aromatic rings. The number of fused-ring (bicyclic) bond motifs is 2. The average molecular weight is 273 g/mol. The molecule has 0 radical (unpaired) electrons.